The van der Waals surface area contributed by atoms with E-state index < -0.39 is 52.4 Å². The highest BCUT2D eigenvalue weighted by Gasteiger charge is 2.41. The first-order valence-corrected chi connectivity index (χ1v) is 13.2. The van der Waals surface area contributed by atoms with Crippen LogP contribution in [0.1, 0.15) is 31.2 Å². The molecule has 4 heterocycles. The lowest BCUT2D eigenvalue weighted by atomic mass is 10.1. The summed E-state index contributed by atoms with van der Waals surface area (Å²) in [5, 5.41) is 9.80. The number of fused-ring (bicyclic) bond motifs is 1. The molecule has 0 spiro atoms. The largest absolute Gasteiger partial charge is 0.366 e. The molecule has 1 aliphatic heterocycles. The van der Waals surface area contributed by atoms with Crippen LogP contribution in [0.4, 0.5) is 23.2 Å². The van der Waals surface area contributed by atoms with E-state index in [0.29, 0.717) is 35.4 Å². The van der Waals surface area contributed by atoms with Gasteiger partial charge in [0.1, 0.15) is 18.2 Å². The van der Waals surface area contributed by atoms with Crippen molar-refractivity contribution in [3.63, 3.8) is 0 Å². The Labute approximate surface area is 202 Å². The van der Waals surface area contributed by atoms with E-state index in [0.717, 1.165) is 0 Å². The molecule has 35 heavy (non-hydrogen) atoms. The van der Waals surface area contributed by atoms with Crippen LogP contribution in [0.25, 0.3) is 16.3 Å². The molecule has 1 saturated heterocycles. The summed E-state index contributed by atoms with van der Waals surface area (Å²) in [6.07, 6.45) is 1.40. The van der Waals surface area contributed by atoms with E-state index >= 15 is 0 Å². The van der Waals surface area contributed by atoms with Gasteiger partial charge in [0.25, 0.3) is 6.43 Å². The third kappa shape index (κ3) is 4.73. The van der Waals surface area contributed by atoms with Crippen molar-refractivity contribution in [2.75, 3.05) is 31.3 Å². The van der Waals surface area contributed by atoms with Gasteiger partial charge in [0, 0.05) is 24.8 Å². The lowest BCUT2D eigenvalue weighted by Crippen LogP contribution is -2.58. The molecular weight excluding hydrogens is 510 g/mol. The van der Waals surface area contributed by atoms with Crippen molar-refractivity contribution in [1.29, 1.82) is 0 Å². The molecule has 0 bridgehead atoms. The monoisotopic (exact) mass is 533 g/mol. The number of hydrogen-bond acceptors (Lipinski definition) is 8. The minimum atomic E-state index is -3.97. The van der Waals surface area contributed by atoms with Crippen molar-refractivity contribution >= 4 is 32.6 Å². The SMILES string of the molecule is CC1(NS(=O)(=O)c2cc(N3C[C@@H](CF)N[C@H](CF)C3)c3cnc(-c4nnc(C(F)F)s4)n3c2)CC1. The molecule has 1 aliphatic carbocycles. The highest BCUT2D eigenvalue weighted by Crippen LogP contribution is 2.37. The fraction of sp³-hybridized carbons (Fsp3) is 0.550. The molecule has 2 N–H and O–H groups in total. The van der Waals surface area contributed by atoms with E-state index in [1.165, 1.54) is 22.9 Å². The van der Waals surface area contributed by atoms with E-state index in [-0.39, 0.29) is 28.8 Å². The van der Waals surface area contributed by atoms with Crippen LogP contribution in [-0.2, 0) is 10.0 Å². The van der Waals surface area contributed by atoms with Crippen molar-refractivity contribution in [3.8, 4) is 10.8 Å². The zero-order valence-corrected chi connectivity index (χ0v) is 20.2. The summed E-state index contributed by atoms with van der Waals surface area (Å²) in [6, 6.07) is 0.162. The van der Waals surface area contributed by atoms with Crippen LogP contribution >= 0.6 is 11.3 Å². The summed E-state index contributed by atoms with van der Waals surface area (Å²) in [5.74, 6) is 0.138. The van der Waals surface area contributed by atoms with Crippen LogP contribution in [0.2, 0.25) is 0 Å². The molecule has 0 amide bonds. The van der Waals surface area contributed by atoms with Gasteiger partial charge in [-0.3, -0.25) is 4.40 Å². The van der Waals surface area contributed by atoms with Gasteiger partial charge in [-0.2, -0.15) is 0 Å². The Bertz CT molecular complexity index is 1330. The number of nitrogens with zero attached hydrogens (tertiary/aromatic N) is 5. The average molecular weight is 534 g/mol. The third-order valence-electron chi connectivity index (χ3n) is 6.17. The second-order valence-corrected chi connectivity index (χ2v) is 11.8. The Balaban J connectivity index is 1.65. The maximum absolute atomic E-state index is 13.5. The quantitative estimate of drug-likeness (QED) is 0.429. The number of anilines is 1. The van der Waals surface area contributed by atoms with Crippen LogP contribution < -0.4 is 14.9 Å². The normalized spacial score (nSPS) is 22.3. The van der Waals surface area contributed by atoms with Crippen molar-refractivity contribution in [2.24, 2.45) is 0 Å². The van der Waals surface area contributed by atoms with Crippen LogP contribution in [-0.4, -0.2) is 72.1 Å². The molecule has 0 unspecified atom stereocenters. The molecule has 0 aromatic carbocycles. The highest BCUT2D eigenvalue weighted by molar-refractivity contribution is 7.89. The Kier molecular flexibility index (Phi) is 6.22. The summed E-state index contributed by atoms with van der Waals surface area (Å²) >= 11 is 0.653. The topological polar surface area (TPSA) is 105 Å². The van der Waals surface area contributed by atoms with E-state index in [1.54, 1.807) is 11.8 Å². The number of nitrogens with one attached hydrogen (secondary N) is 2. The van der Waals surface area contributed by atoms with Gasteiger partial charge < -0.3 is 10.2 Å². The summed E-state index contributed by atoms with van der Waals surface area (Å²) < 4.78 is 83.9. The maximum Gasteiger partial charge on any atom is 0.291 e. The summed E-state index contributed by atoms with van der Waals surface area (Å²) in [7, 11) is -3.97. The van der Waals surface area contributed by atoms with E-state index in [2.05, 4.69) is 25.2 Å². The minimum Gasteiger partial charge on any atom is -0.366 e. The first-order valence-electron chi connectivity index (χ1n) is 10.9. The van der Waals surface area contributed by atoms with Gasteiger partial charge in [0.15, 0.2) is 15.8 Å². The predicted octanol–water partition coefficient (Wildman–Crippen LogP) is 2.71. The number of rotatable bonds is 8. The lowest BCUT2D eigenvalue weighted by Gasteiger charge is -2.38. The fourth-order valence-electron chi connectivity index (χ4n) is 4.13. The second-order valence-electron chi connectivity index (χ2n) is 9.08. The number of pyridine rings is 1. The standard InChI is InChI=1S/C20H23F4N7O2S2/c1-20(2-3-20)29-35(32,33)13-4-14(30-8-11(5-21)26-12(6-22)9-30)15-7-25-17(31(15)10-13)19-28-27-18(34-19)16(23)24/h4,7,10-12,16,26,29H,2-3,5-6,8-9H2,1H3/t11-,12-/m1/s1. The number of halogens is 4. The van der Waals surface area contributed by atoms with Crippen LogP contribution in [0, 0.1) is 0 Å². The molecule has 190 valence electrons. The number of sulfonamides is 1. The van der Waals surface area contributed by atoms with E-state index in [4.69, 9.17) is 0 Å². The van der Waals surface area contributed by atoms with Crippen molar-refractivity contribution in [2.45, 2.75) is 48.7 Å². The highest BCUT2D eigenvalue weighted by atomic mass is 32.2. The molecule has 2 fully saturated rings. The van der Waals surface area contributed by atoms with Gasteiger partial charge in [-0.25, -0.2) is 35.7 Å². The Morgan fingerprint density at radius 2 is 1.91 bits per heavy atom. The van der Waals surface area contributed by atoms with Crippen LogP contribution in [0.5, 0.6) is 0 Å². The zero-order chi connectivity index (χ0) is 25.0. The van der Waals surface area contributed by atoms with Crippen molar-refractivity contribution < 1.29 is 26.0 Å². The Hall–Kier alpha value is -2.36. The molecule has 2 atom stereocenters. The third-order valence-corrected chi connectivity index (χ3v) is 8.70. The molecule has 5 rings (SSSR count). The van der Waals surface area contributed by atoms with Gasteiger partial charge in [-0.1, -0.05) is 11.3 Å². The minimum absolute atomic E-state index is 0.0851. The Morgan fingerprint density at radius 3 is 2.49 bits per heavy atom. The van der Waals surface area contributed by atoms with Gasteiger partial charge in [-0.15, -0.1) is 10.2 Å². The maximum atomic E-state index is 13.5. The zero-order valence-electron chi connectivity index (χ0n) is 18.6. The summed E-state index contributed by atoms with van der Waals surface area (Å²) in [4.78, 5) is 5.93. The molecular formula is C20H23F4N7O2S2. The number of imidazole rings is 1. The molecule has 15 heteroatoms. The summed E-state index contributed by atoms with van der Waals surface area (Å²) in [5.41, 5.74) is 0.317. The number of alkyl halides is 4. The predicted molar refractivity (Wildman–Crippen MR) is 122 cm³/mol. The molecule has 3 aromatic rings. The first-order chi connectivity index (χ1) is 16.6. The van der Waals surface area contributed by atoms with Gasteiger partial charge in [0.2, 0.25) is 10.0 Å². The second kappa shape index (κ2) is 8.94. The van der Waals surface area contributed by atoms with Crippen LogP contribution in [0.15, 0.2) is 23.4 Å². The average Bonchev–Trinajstić information content (AvgIpc) is 3.21. The van der Waals surface area contributed by atoms with Crippen molar-refractivity contribution in [3.05, 3.63) is 23.5 Å². The number of hydrogen-bond donors (Lipinski definition) is 2. The smallest absolute Gasteiger partial charge is 0.291 e. The first kappa shape index (κ1) is 24.3. The molecule has 3 aromatic heterocycles. The number of piperazine rings is 1. The van der Waals surface area contributed by atoms with Gasteiger partial charge >= 0.3 is 0 Å². The Morgan fingerprint density at radius 1 is 1.23 bits per heavy atom. The molecule has 1 saturated carbocycles. The lowest BCUT2D eigenvalue weighted by molar-refractivity contribution is 0.150. The van der Waals surface area contributed by atoms with E-state index in [9.17, 15) is 26.0 Å². The van der Waals surface area contributed by atoms with Gasteiger partial charge in [0.05, 0.1) is 29.5 Å². The fourth-order valence-corrected chi connectivity index (χ4v) is 6.30. The number of aromatic nitrogens is 4. The van der Waals surface area contributed by atoms with Crippen molar-refractivity contribution in [1.82, 2.24) is 29.6 Å². The molecule has 9 nitrogen and oxygen atoms in total. The van der Waals surface area contributed by atoms with E-state index in [1.807, 2.05) is 0 Å². The molecule has 2 aliphatic rings. The van der Waals surface area contributed by atoms with Crippen LogP contribution in [0.3, 0.4) is 0 Å². The van der Waals surface area contributed by atoms with Gasteiger partial charge in [-0.05, 0) is 25.8 Å². The molecule has 0 radical (unpaired) electrons. The summed E-state index contributed by atoms with van der Waals surface area (Å²) in [6.45, 7) is 0.686.